The average Bonchev–Trinajstić information content (AvgIpc) is 3.06. The molecule has 4 fully saturated rings. The van der Waals surface area contributed by atoms with Gasteiger partial charge in [-0.2, -0.15) is 0 Å². The summed E-state index contributed by atoms with van der Waals surface area (Å²) in [6, 6.07) is 8.61. The van der Waals surface area contributed by atoms with Gasteiger partial charge in [0.25, 0.3) is 0 Å². The van der Waals surface area contributed by atoms with Crippen molar-refractivity contribution in [3.8, 4) is 0 Å². The van der Waals surface area contributed by atoms with Gasteiger partial charge in [0, 0.05) is 18.1 Å². The van der Waals surface area contributed by atoms with Gasteiger partial charge >= 0.3 is 0 Å². The Morgan fingerprint density at radius 3 is 2.58 bits per heavy atom. The first-order valence-electron chi connectivity index (χ1n) is 9.88. The Labute approximate surface area is 155 Å². The quantitative estimate of drug-likeness (QED) is 0.890. The van der Waals surface area contributed by atoms with Crippen molar-refractivity contribution in [2.75, 3.05) is 5.32 Å². The summed E-state index contributed by atoms with van der Waals surface area (Å²) in [6.07, 6.45) is 13.7. The number of benzene rings is 1. The first-order valence-corrected chi connectivity index (χ1v) is 9.88. The Kier molecular flexibility index (Phi) is 3.53. The van der Waals surface area contributed by atoms with E-state index in [1.165, 1.54) is 44.1 Å². The summed E-state index contributed by atoms with van der Waals surface area (Å²) >= 11 is 0. The van der Waals surface area contributed by atoms with Crippen LogP contribution in [0.3, 0.4) is 0 Å². The predicted molar refractivity (Wildman–Crippen MR) is 102 cm³/mol. The molecule has 3 bridgehead atoms. The zero-order valence-electron chi connectivity index (χ0n) is 15.4. The molecule has 1 aromatic carbocycles. The second-order valence-electron chi connectivity index (χ2n) is 9.38. The normalized spacial score (nSPS) is 34.8. The molecule has 4 aliphatic rings. The number of rotatable bonds is 4. The van der Waals surface area contributed by atoms with Crippen LogP contribution in [0.25, 0.3) is 0 Å². The van der Waals surface area contributed by atoms with Gasteiger partial charge in [0.05, 0.1) is 6.33 Å². The number of imidazole rings is 1. The molecule has 4 heteroatoms. The Bertz CT molecular complexity index is 802. The number of anilines is 1. The average molecular weight is 349 g/mol. The van der Waals surface area contributed by atoms with Gasteiger partial charge in [0.1, 0.15) is 6.54 Å². The molecule has 1 amide bonds. The van der Waals surface area contributed by atoms with Gasteiger partial charge in [-0.25, -0.2) is 4.98 Å². The maximum absolute atomic E-state index is 12.1. The summed E-state index contributed by atoms with van der Waals surface area (Å²) in [4.78, 5) is 16.1. The summed E-state index contributed by atoms with van der Waals surface area (Å²) in [5.74, 6) is 1.94. The van der Waals surface area contributed by atoms with Crippen LogP contribution in [-0.2, 0) is 16.8 Å². The number of nitrogens with zero attached hydrogens (tertiary/aromatic N) is 2. The smallest absolute Gasteiger partial charge is 0.244 e. The molecule has 4 saturated carbocycles. The highest BCUT2D eigenvalue weighted by Crippen LogP contribution is 2.67. The van der Waals surface area contributed by atoms with E-state index in [1.54, 1.807) is 23.3 Å². The zero-order valence-corrected chi connectivity index (χ0v) is 15.4. The molecule has 1 N–H and O–H groups in total. The molecule has 1 spiro atoms. The van der Waals surface area contributed by atoms with Crippen LogP contribution in [0.15, 0.2) is 43.0 Å². The highest BCUT2D eigenvalue weighted by molar-refractivity contribution is 5.90. The Hall–Kier alpha value is -2.10. The summed E-state index contributed by atoms with van der Waals surface area (Å²) in [5, 5.41) is 2.99. The van der Waals surface area contributed by atoms with Crippen molar-refractivity contribution in [1.82, 2.24) is 9.55 Å². The SMILES string of the molecule is CC1(c2ccc(NC(=O)Cn3ccnc3)cc2)CC2CC3CC(C3)(C2)C1. The number of aromatic nitrogens is 2. The fourth-order valence-electron chi connectivity index (χ4n) is 6.50. The number of carbonyl (C=O) groups excluding carboxylic acids is 1. The predicted octanol–water partition coefficient (Wildman–Crippen LogP) is 4.38. The Morgan fingerprint density at radius 1 is 1.19 bits per heavy atom. The van der Waals surface area contributed by atoms with E-state index in [2.05, 4.69) is 41.5 Å². The van der Waals surface area contributed by atoms with E-state index in [4.69, 9.17) is 0 Å². The zero-order chi connectivity index (χ0) is 17.8. The topological polar surface area (TPSA) is 46.9 Å². The number of amides is 1. The van der Waals surface area contributed by atoms with Gasteiger partial charge < -0.3 is 9.88 Å². The molecular weight excluding hydrogens is 322 g/mol. The van der Waals surface area contributed by atoms with Gasteiger partial charge in [-0.3, -0.25) is 4.79 Å². The lowest BCUT2D eigenvalue weighted by molar-refractivity contribution is -0.116. The summed E-state index contributed by atoms with van der Waals surface area (Å²) < 4.78 is 1.77. The van der Waals surface area contributed by atoms with Crippen LogP contribution in [0.4, 0.5) is 5.69 Å². The maximum atomic E-state index is 12.1. The van der Waals surface area contributed by atoms with E-state index in [-0.39, 0.29) is 5.91 Å². The molecule has 26 heavy (non-hydrogen) atoms. The summed E-state index contributed by atoms with van der Waals surface area (Å²) in [5.41, 5.74) is 3.27. The van der Waals surface area contributed by atoms with Crippen molar-refractivity contribution in [1.29, 1.82) is 0 Å². The largest absolute Gasteiger partial charge is 0.328 e. The van der Waals surface area contributed by atoms with Gasteiger partial charge in [0.15, 0.2) is 0 Å². The second kappa shape index (κ2) is 5.70. The summed E-state index contributed by atoms with van der Waals surface area (Å²) in [6.45, 7) is 2.76. The third kappa shape index (κ3) is 2.76. The van der Waals surface area contributed by atoms with Gasteiger partial charge in [-0.1, -0.05) is 19.1 Å². The summed E-state index contributed by atoms with van der Waals surface area (Å²) in [7, 11) is 0. The third-order valence-corrected chi connectivity index (χ3v) is 7.09. The molecule has 4 aliphatic carbocycles. The van der Waals surface area contributed by atoms with Crippen LogP contribution in [-0.4, -0.2) is 15.5 Å². The van der Waals surface area contributed by atoms with Crippen molar-refractivity contribution in [2.45, 2.75) is 57.4 Å². The van der Waals surface area contributed by atoms with E-state index in [9.17, 15) is 4.79 Å². The minimum Gasteiger partial charge on any atom is -0.328 e. The molecule has 6 rings (SSSR count). The number of nitrogens with one attached hydrogen (secondary N) is 1. The van der Waals surface area contributed by atoms with E-state index in [0.29, 0.717) is 17.4 Å². The highest BCUT2D eigenvalue weighted by atomic mass is 16.1. The maximum Gasteiger partial charge on any atom is 0.244 e. The molecule has 1 aromatic heterocycles. The lowest BCUT2D eigenvalue weighted by atomic mass is 9.42. The van der Waals surface area contributed by atoms with Gasteiger partial charge in [0.2, 0.25) is 5.91 Å². The second-order valence-corrected chi connectivity index (χ2v) is 9.38. The molecular formula is C22H27N3O. The van der Waals surface area contributed by atoms with Crippen molar-refractivity contribution >= 4 is 11.6 Å². The van der Waals surface area contributed by atoms with Crippen molar-refractivity contribution < 1.29 is 4.79 Å². The van der Waals surface area contributed by atoms with Crippen LogP contribution in [0.1, 0.15) is 51.0 Å². The standard InChI is InChI=1S/C22H27N3O/c1-21(9-16-8-17-11-22(10-16,12-17)14-21)18-2-4-19(5-3-18)24-20(26)13-25-7-6-23-15-25/h2-7,15-17H,8-14H2,1H3,(H,24,26). The molecule has 1 heterocycles. The molecule has 2 atom stereocenters. The first kappa shape index (κ1) is 16.1. The molecule has 0 aliphatic heterocycles. The van der Waals surface area contributed by atoms with Crippen molar-refractivity contribution in [3.63, 3.8) is 0 Å². The minimum atomic E-state index is -0.0199. The van der Waals surface area contributed by atoms with Crippen LogP contribution in [0.2, 0.25) is 0 Å². The number of hydrogen-bond acceptors (Lipinski definition) is 2. The van der Waals surface area contributed by atoms with Crippen LogP contribution in [0.5, 0.6) is 0 Å². The van der Waals surface area contributed by atoms with E-state index < -0.39 is 0 Å². The molecule has 2 unspecified atom stereocenters. The number of carbonyl (C=O) groups is 1. The monoisotopic (exact) mass is 349 g/mol. The minimum absolute atomic E-state index is 0.0199. The van der Waals surface area contributed by atoms with Gasteiger partial charge in [-0.05, 0) is 78.9 Å². The van der Waals surface area contributed by atoms with Crippen molar-refractivity contribution in [2.24, 2.45) is 17.3 Å². The highest BCUT2D eigenvalue weighted by Gasteiger charge is 2.57. The molecule has 2 aromatic rings. The Morgan fingerprint density at radius 2 is 1.92 bits per heavy atom. The fraction of sp³-hybridized carbons (Fsp3) is 0.545. The van der Waals surface area contributed by atoms with Crippen LogP contribution < -0.4 is 5.32 Å². The first-order chi connectivity index (χ1) is 12.5. The van der Waals surface area contributed by atoms with Crippen molar-refractivity contribution in [3.05, 3.63) is 48.5 Å². The lowest BCUT2D eigenvalue weighted by Gasteiger charge is -2.63. The Balaban J connectivity index is 1.28. The lowest BCUT2D eigenvalue weighted by Crippen LogP contribution is -2.53. The van der Waals surface area contributed by atoms with E-state index >= 15 is 0 Å². The molecule has 0 saturated heterocycles. The van der Waals surface area contributed by atoms with Crippen LogP contribution >= 0.6 is 0 Å². The fourth-order valence-corrected chi connectivity index (χ4v) is 6.50. The van der Waals surface area contributed by atoms with Gasteiger partial charge in [-0.15, -0.1) is 0 Å². The molecule has 136 valence electrons. The van der Waals surface area contributed by atoms with Crippen LogP contribution in [0, 0.1) is 17.3 Å². The number of hydrogen-bond donors (Lipinski definition) is 1. The van der Waals surface area contributed by atoms with E-state index in [1.807, 2.05) is 0 Å². The molecule has 4 nitrogen and oxygen atoms in total. The van der Waals surface area contributed by atoms with E-state index in [0.717, 1.165) is 17.5 Å². The third-order valence-electron chi connectivity index (χ3n) is 7.09. The molecule has 0 radical (unpaired) electrons.